The quantitative estimate of drug-likeness (QED) is 0.699. The summed E-state index contributed by atoms with van der Waals surface area (Å²) in [5.74, 6) is 1.42. The third kappa shape index (κ3) is 2.89. The Morgan fingerprint density at radius 2 is 1.90 bits per heavy atom. The van der Waals surface area contributed by atoms with Gasteiger partial charge in [0.15, 0.2) is 5.78 Å². The van der Waals surface area contributed by atoms with E-state index in [4.69, 9.17) is 4.74 Å². The summed E-state index contributed by atoms with van der Waals surface area (Å²) in [7, 11) is 0. The Hall–Kier alpha value is -1.31. The normalized spacial score (nSPS) is 16.1. The molecule has 2 nitrogen and oxygen atoms in total. The summed E-state index contributed by atoms with van der Waals surface area (Å²) < 4.78 is 5.69. The lowest BCUT2D eigenvalue weighted by Crippen LogP contribution is -2.19. The average molecular weight is 274 g/mol. The van der Waals surface area contributed by atoms with E-state index in [1.807, 2.05) is 12.1 Å². The van der Waals surface area contributed by atoms with E-state index in [1.165, 1.54) is 5.56 Å². The maximum Gasteiger partial charge on any atom is 0.165 e. The standard InChI is InChI=1S/C18H26O2/c1-5-7-13(8-6-2)17(19)14-9-10-16-15(11-14)18(3,4)12-20-16/h9-11,13H,5-8,12H2,1-4H3. The third-order valence-electron chi connectivity index (χ3n) is 4.23. The Morgan fingerprint density at radius 1 is 1.25 bits per heavy atom. The molecule has 1 aromatic carbocycles. The first-order chi connectivity index (χ1) is 9.49. The van der Waals surface area contributed by atoms with Crippen LogP contribution in [0.5, 0.6) is 5.75 Å². The monoisotopic (exact) mass is 274 g/mol. The first kappa shape index (κ1) is 15.1. The molecule has 0 radical (unpaired) electrons. The number of fused-ring (bicyclic) bond motifs is 1. The van der Waals surface area contributed by atoms with Gasteiger partial charge in [-0.25, -0.2) is 0 Å². The molecule has 0 fully saturated rings. The van der Waals surface area contributed by atoms with Gasteiger partial charge in [0.1, 0.15) is 5.75 Å². The second-order valence-electron chi connectivity index (χ2n) is 6.52. The van der Waals surface area contributed by atoms with Gasteiger partial charge in [0.05, 0.1) is 6.61 Å². The average Bonchev–Trinajstić information content (AvgIpc) is 2.73. The van der Waals surface area contributed by atoms with Crippen molar-refractivity contribution in [3.63, 3.8) is 0 Å². The van der Waals surface area contributed by atoms with E-state index in [0.717, 1.165) is 37.0 Å². The largest absolute Gasteiger partial charge is 0.492 e. The van der Waals surface area contributed by atoms with Crippen LogP contribution in [0.1, 0.15) is 69.3 Å². The predicted octanol–water partition coefficient (Wildman–Crippen LogP) is 4.76. The number of ether oxygens (including phenoxy) is 1. The molecule has 0 bridgehead atoms. The first-order valence-corrected chi connectivity index (χ1v) is 7.81. The van der Waals surface area contributed by atoms with Crippen LogP contribution in [0.15, 0.2) is 18.2 Å². The van der Waals surface area contributed by atoms with Crippen LogP contribution < -0.4 is 4.74 Å². The Bertz CT molecular complexity index is 482. The summed E-state index contributed by atoms with van der Waals surface area (Å²) in [4.78, 5) is 12.7. The summed E-state index contributed by atoms with van der Waals surface area (Å²) in [5.41, 5.74) is 2.04. The highest BCUT2D eigenvalue weighted by molar-refractivity contribution is 5.98. The maximum absolute atomic E-state index is 12.7. The highest BCUT2D eigenvalue weighted by atomic mass is 16.5. The van der Waals surface area contributed by atoms with Crippen molar-refractivity contribution < 1.29 is 9.53 Å². The highest BCUT2D eigenvalue weighted by Crippen LogP contribution is 2.39. The van der Waals surface area contributed by atoms with Crippen LogP contribution in [0.4, 0.5) is 0 Å². The van der Waals surface area contributed by atoms with Gasteiger partial charge < -0.3 is 4.74 Å². The fourth-order valence-electron chi connectivity index (χ4n) is 3.01. The van der Waals surface area contributed by atoms with E-state index in [1.54, 1.807) is 0 Å². The van der Waals surface area contributed by atoms with Crippen LogP contribution in [0.25, 0.3) is 0 Å². The number of Topliss-reactive ketones (excluding diaryl/α,β-unsaturated/α-hetero) is 1. The summed E-state index contributed by atoms with van der Waals surface area (Å²) in [6.07, 6.45) is 4.11. The van der Waals surface area contributed by atoms with E-state index in [-0.39, 0.29) is 11.3 Å². The predicted molar refractivity (Wildman–Crippen MR) is 82.6 cm³/mol. The third-order valence-corrected chi connectivity index (χ3v) is 4.23. The Kier molecular flexibility index (Phi) is 4.52. The topological polar surface area (TPSA) is 26.3 Å². The molecule has 0 amide bonds. The number of hydrogen-bond acceptors (Lipinski definition) is 2. The van der Waals surface area contributed by atoms with E-state index < -0.39 is 0 Å². The molecule has 0 aromatic heterocycles. The van der Waals surface area contributed by atoms with Gasteiger partial charge in [0.2, 0.25) is 0 Å². The molecule has 0 N–H and O–H groups in total. The lowest BCUT2D eigenvalue weighted by Gasteiger charge is -2.18. The molecule has 110 valence electrons. The lowest BCUT2D eigenvalue weighted by molar-refractivity contribution is 0.0905. The van der Waals surface area contributed by atoms with Gasteiger partial charge in [0.25, 0.3) is 0 Å². The molecular weight excluding hydrogens is 248 g/mol. The molecular formula is C18H26O2. The zero-order valence-corrected chi connectivity index (χ0v) is 13.2. The van der Waals surface area contributed by atoms with Crippen molar-refractivity contribution in [1.29, 1.82) is 0 Å². The van der Waals surface area contributed by atoms with Crippen molar-refractivity contribution in [1.82, 2.24) is 0 Å². The van der Waals surface area contributed by atoms with E-state index >= 15 is 0 Å². The molecule has 1 heterocycles. The van der Waals surface area contributed by atoms with E-state index in [9.17, 15) is 4.79 Å². The lowest BCUT2D eigenvalue weighted by atomic mass is 9.83. The number of carbonyl (C=O) groups excluding carboxylic acids is 1. The van der Waals surface area contributed by atoms with Crippen molar-refractivity contribution in [2.75, 3.05) is 6.61 Å². The zero-order valence-electron chi connectivity index (χ0n) is 13.2. The number of ketones is 1. The molecule has 1 aliphatic rings. The maximum atomic E-state index is 12.7. The number of carbonyl (C=O) groups is 1. The molecule has 1 aromatic rings. The second kappa shape index (κ2) is 5.99. The van der Waals surface area contributed by atoms with Crippen LogP contribution in [0, 0.1) is 5.92 Å². The Labute approximate surface area is 122 Å². The van der Waals surface area contributed by atoms with Crippen LogP contribution in [-0.2, 0) is 5.41 Å². The van der Waals surface area contributed by atoms with Crippen molar-refractivity contribution in [2.45, 2.75) is 58.8 Å². The SMILES string of the molecule is CCCC(CCC)C(=O)c1ccc2c(c1)C(C)(C)CO2. The molecule has 0 saturated heterocycles. The van der Waals surface area contributed by atoms with Gasteiger partial charge in [0, 0.05) is 22.5 Å². The molecule has 20 heavy (non-hydrogen) atoms. The number of rotatable bonds is 6. The zero-order chi connectivity index (χ0) is 14.8. The molecule has 1 aliphatic heterocycles. The molecule has 0 aliphatic carbocycles. The van der Waals surface area contributed by atoms with Gasteiger partial charge in [-0.2, -0.15) is 0 Å². The minimum Gasteiger partial charge on any atom is -0.492 e. The fraction of sp³-hybridized carbons (Fsp3) is 0.611. The smallest absolute Gasteiger partial charge is 0.165 e. The number of hydrogen-bond donors (Lipinski definition) is 0. The molecule has 2 heteroatoms. The van der Waals surface area contributed by atoms with Crippen molar-refractivity contribution in [3.05, 3.63) is 29.3 Å². The Balaban J connectivity index is 2.27. The van der Waals surface area contributed by atoms with Crippen LogP contribution in [0.3, 0.4) is 0 Å². The minimum absolute atomic E-state index is 0.0105. The van der Waals surface area contributed by atoms with Gasteiger partial charge in [-0.1, -0.05) is 40.5 Å². The molecule has 0 atom stereocenters. The fourth-order valence-corrected chi connectivity index (χ4v) is 3.01. The Morgan fingerprint density at radius 3 is 2.50 bits per heavy atom. The minimum atomic E-state index is 0.0105. The summed E-state index contributed by atoms with van der Waals surface area (Å²) in [6, 6.07) is 5.95. The van der Waals surface area contributed by atoms with Gasteiger partial charge in [-0.15, -0.1) is 0 Å². The van der Waals surface area contributed by atoms with Gasteiger partial charge >= 0.3 is 0 Å². The molecule has 2 rings (SSSR count). The molecule has 0 unspecified atom stereocenters. The summed E-state index contributed by atoms with van der Waals surface area (Å²) in [5, 5.41) is 0. The van der Waals surface area contributed by atoms with Crippen LogP contribution in [-0.4, -0.2) is 12.4 Å². The van der Waals surface area contributed by atoms with Crippen molar-refractivity contribution in [3.8, 4) is 5.75 Å². The summed E-state index contributed by atoms with van der Waals surface area (Å²) >= 11 is 0. The van der Waals surface area contributed by atoms with Crippen LogP contribution in [0.2, 0.25) is 0 Å². The van der Waals surface area contributed by atoms with Crippen LogP contribution >= 0.6 is 0 Å². The van der Waals surface area contributed by atoms with Gasteiger partial charge in [-0.05, 0) is 31.0 Å². The highest BCUT2D eigenvalue weighted by Gasteiger charge is 2.32. The van der Waals surface area contributed by atoms with E-state index in [0.29, 0.717) is 12.4 Å². The van der Waals surface area contributed by atoms with Gasteiger partial charge in [-0.3, -0.25) is 4.79 Å². The molecule has 0 saturated carbocycles. The molecule has 0 spiro atoms. The summed E-state index contributed by atoms with van der Waals surface area (Å²) in [6.45, 7) is 9.34. The number of benzene rings is 1. The second-order valence-corrected chi connectivity index (χ2v) is 6.52. The van der Waals surface area contributed by atoms with E-state index in [2.05, 4.69) is 33.8 Å². The first-order valence-electron chi connectivity index (χ1n) is 7.81. The van der Waals surface area contributed by atoms with Crippen molar-refractivity contribution >= 4 is 5.78 Å². The van der Waals surface area contributed by atoms with Crippen molar-refractivity contribution in [2.24, 2.45) is 5.92 Å².